The summed E-state index contributed by atoms with van der Waals surface area (Å²) in [5, 5.41) is 4.57. The zero-order chi connectivity index (χ0) is 24.2. The minimum atomic E-state index is -3.10. The van der Waals surface area contributed by atoms with E-state index >= 15 is 0 Å². The molecule has 33 heavy (non-hydrogen) atoms. The van der Waals surface area contributed by atoms with Crippen molar-refractivity contribution in [3.63, 3.8) is 0 Å². The molecule has 0 aliphatic carbocycles. The van der Waals surface area contributed by atoms with Gasteiger partial charge in [-0.3, -0.25) is 9.48 Å². The van der Waals surface area contributed by atoms with E-state index < -0.39 is 22.4 Å². The molecule has 0 bridgehead atoms. The summed E-state index contributed by atoms with van der Waals surface area (Å²) < 4.78 is 30.4. The van der Waals surface area contributed by atoms with Gasteiger partial charge in [0, 0.05) is 29.9 Å². The monoisotopic (exact) mass is 473 g/mol. The first-order chi connectivity index (χ1) is 15.6. The number of likely N-dealkylation sites (N-methyl/N-ethyl adjacent to an activating group) is 1. The predicted molar refractivity (Wildman–Crippen MR) is 126 cm³/mol. The fraction of sp³-hybridized carbons (Fsp3) is 0.458. The van der Waals surface area contributed by atoms with Gasteiger partial charge in [-0.05, 0) is 45.8 Å². The van der Waals surface area contributed by atoms with Crippen molar-refractivity contribution in [1.82, 2.24) is 14.7 Å². The molecule has 8 nitrogen and oxygen atoms in total. The molecule has 1 atom stereocenters. The van der Waals surface area contributed by atoms with Gasteiger partial charge in [-0.2, -0.15) is 5.10 Å². The van der Waals surface area contributed by atoms with E-state index in [-0.39, 0.29) is 23.5 Å². The van der Waals surface area contributed by atoms with Gasteiger partial charge in [0.15, 0.2) is 16.4 Å². The maximum Gasteiger partial charge on any atom is 0.331 e. The van der Waals surface area contributed by atoms with E-state index in [1.54, 1.807) is 13.0 Å². The molecule has 1 aliphatic rings. The Morgan fingerprint density at radius 3 is 2.52 bits per heavy atom. The highest BCUT2D eigenvalue weighted by molar-refractivity contribution is 7.91. The lowest BCUT2D eigenvalue weighted by Crippen LogP contribution is -2.43. The average molecular weight is 474 g/mol. The van der Waals surface area contributed by atoms with Crippen molar-refractivity contribution in [2.24, 2.45) is 0 Å². The van der Waals surface area contributed by atoms with E-state index in [1.807, 2.05) is 25.5 Å². The molecule has 2 aromatic rings. The van der Waals surface area contributed by atoms with Crippen LogP contribution in [0.5, 0.6) is 0 Å². The molecule has 1 amide bonds. The summed E-state index contributed by atoms with van der Waals surface area (Å²) in [7, 11) is -3.10. The second-order valence-corrected chi connectivity index (χ2v) is 10.6. The Morgan fingerprint density at radius 1 is 1.21 bits per heavy atom. The Labute approximate surface area is 195 Å². The second kappa shape index (κ2) is 10.3. The van der Waals surface area contributed by atoms with Crippen molar-refractivity contribution in [1.29, 1.82) is 0 Å². The molecule has 9 heteroatoms. The van der Waals surface area contributed by atoms with Crippen molar-refractivity contribution in [2.75, 3.05) is 24.7 Å². The molecule has 1 aromatic heterocycles. The number of benzene rings is 1. The van der Waals surface area contributed by atoms with Gasteiger partial charge in [-0.1, -0.05) is 29.8 Å². The van der Waals surface area contributed by atoms with E-state index in [1.165, 1.54) is 16.5 Å². The fourth-order valence-electron chi connectivity index (χ4n) is 4.05. The Hall–Kier alpha value is -2.94. The van der Waals surface area contributed by atoms with Crippen LogP contribution in [-0.4, -0.2) is 65.7 Å². The number of sulfone groups is 1. The standard InChI is InChI=1S/C24H31N3O5S/c1-5-26(21-12-13-33(30,31)16-21)23(28)15-32-24(29)11-10-22-18(3)25-27(19(22)4)14-20-8-6-17(2)7-9-20/h6-11,21H,5,12-16H2,1-4H3/b11-10+. The maximum atomic E-state index is 12.5. The zero-order valence-corrected chi connectivity index (χ0v) is 20.4. The Kier molecular flexibility index (Phi) is 7.73. The summed E-state index contributed by atoms with van der Waals surface area (Å²) in [4.78, 5) is 26.2. The molecule has 178 valence electrons. The van der Waals surface area contributed by atoms with E-state index in [0.29, 0.717) is 19.5 Å². The van der Waals surface area contributed by atoms with E-state index in [0.717, 1.165) is 22.5 Å². The van der Waals surface area contributed by atoms with Crippen LogP contribution in [0.15, 0.2) is 30.3 Å². The van der Waals surface area contributed by atoms with Crippen LogP contribution in [0.3, 0.4) is 0 Å². The molecular formula is C24H31N3O5S. The lowest BCUT2D eigenvalue weighted by atomic mass is 10.1. The topological polar surface area (TPSA) is 98.6 Å². The normalized spacial score (nSPS) is 17.4. The van der Waals surface area contributed by atoms with E-state index in [9.17, 15) is 18.0 Å². The minimum Gasteiger partial charge on any atom is -0.452 e. The minimum absolute atomic E-state index is 0.0361. The number of rotatable bonds is 8. The predicted octanol–water partition coefficient (Wildman–Crippen LogP) is 2.45. The summed E-state index contributed by atoms with van der Waals surface area (Å²) in [5.41, 5.74) is 4.88. The molecule has 1 aliphatic heterocycles. The Bertz CT molecular complexity index is 1150. The van der Waals surface area contributed by atoms with Crippen LogP contribution in [-0.2, 0) is 30.7 Å². The highest BCUT2D eigenvalue weighted by Crippen LogP contribution is 2.19. The number of hydrogen-bond acceptors (Lipinski definition) is 6. The first-order valence-electron chi connectivity index (χ1n) is 11.0. The number of carbonyl (C=O) groups is 2. The molecule has 0 saturated carbocycles. The summed E-state index contributed by atoms with van der Waals surface area (Å²) in [6.07, 6.45) is 3.36. The molecule has 1 unspecified atom stereocenters. The summed E-state index contributed by atoms with van der Waals surface area (Å²) in [6, 6.07) is 7.90. The van der Waals surface area contributed by atoms with Gasteiger partial charge >= 0.3 is 5.97 Å². The number of amides is 1. The molecular weight excluding hydrogens is 442 g/mol. The highest BCUT2D eigenvalue weighted by Gasteiger charge is 2.34. The molecule has 1 aromatic carbocycles. The third-order valence-electron chi connectivity index (χ3n) is 5.92. The third kappa shape index (κ3) is 6.31. The number of carbonyl (C=O) groups excluding carboxylic acids is 2. The van der Waals surface area contributed by atoms with Crippen molar-refractivity contribution in [3.05, 3.63) is 58.4 Å². The smallest absolute Gasteiger partial charge is 0.331 e. The van der Waals surface area contributed by atoms with Crippen molar-refractivity contribution in [2.45, 2.75) is 46.7 Å². The first-order valence-corrected chi connectivity index (χ1v) is 12.9. The third-order valence-corrected chi connectivity index (χ3v) is 7.67. The first kappa shape index (κ1) is 24.7. The number of ether oxygens (including phenoxy) is 1. The summed E-state index contributed by atoms with van der Waals surface area (Å²) in [6.45, 7) is 8.22. The highest BCUT2D eigenvalue weighted by atomic mass is 32.2. The average Bonchev–Trinajstić information content (AvgIpc) is 3.25. The van der Waals surface area contributed by atoms with Gasteiger partial charge in [0.25, 0.3) is 5.91 Å². The summed E-state index contributed by atoms with van der Waals surface area (Å²) >= 11 is 0. The maximum absolute atomic E-state index is 12.5. The number of aryl methyl sites for hydroxylation is 2. The van der Waals surface area contributed by atoms with E-state index in [4.69, 9.17) is 4.74 Å². The van der Waals surface area contributed by atoms with Crippen molar-refractivity contribution >= 4 is 27.8 Å². The summed E-state index contributed by atoms with van der Waals surface area (Å²) in [5.74, 6) is -0.977. The Morgan fingerprint density at radius 2 is 1.91 bits per heavy atom. The van der Waals surface area contributed by atoms with Crippen LogP contribution in [0.25, 0.3) is 6.08 Å². The lowest BCUT2D eigenvalue weighted by molar-refractivity contribution is -0.149. The SMILES string of the molecule is CCN(C(=O)COC(=O)/C=C/c1c(C)nn(Cc2ccc(C)cc2)c1C)C1CCS(=O)(=O)C1. The molecule has 3 rings (SSSR count). The van der Waals surface area contributed by atoms with Crippen LogP contribution in [0.1, 0.15) is 41.4 Å². The zero-order valence-electron chi connectivity index (χ0n) is 19.6. The van der Waals surface area contributed by atoms with Gasteiger partial charge in [0.2, 0.25) is 0 Å². The Balaban J connectivity index is 1.58. The second-order valence-electron chi connectivity index (χ2n) is 8.41. The van der Waals surface area contributed by atoms with E-state index in [2.05, 4.69) is 29.4 Å². The quantitative estimate of drug-likeness (QED) is 0.431. The van der Waals surface area contributed by atoms with Crippen LogP contribution in [0.4, 0.5) is 0 Å². The fourth-order valence-corrected chi connectivity index (χ4v) is 5.78. The van der Waals surface area contributed by atoms with Crippen LogP contribution in [0, 0.1) is 20.8 Å². The van der Waals surface area contributed by atoms with Gasteiger partial charge in [0.1, 0.15) is 0 Å². The molecule has 0 N–H and O–H groups in total. The van der Waals surface area contributed by atoms with Crippen molar-refractivity contribution < 1.29 is 22.7 Å². The molecule has 0 spiro atoms. The van der Waals surface area contributed by atoms with Gasteiger partial charge in [-0.25, -0.2) is 13.2 Å². The number of hydrogen-bond donors (Lipinski definition) is 0. The number of aromatic nitrogens is 2. The van der Waals surface area contributed by atoms with Gasteiger partial charge in [-0.15, -0.1) is 0 Å². The molecule has 0 radical (unpaired) electrons. The largest absolute Gasteiger partial charge is 0.452 e. The van der Waals surface area contributed by atoms with Crippen molar-refractivity contribution in [3.8, 4) is 0 Å². The molecule has 2 heterocycles. The van der Waals surface area contributed by atoms with Crippen LogP contribution < -0.4 is 0 Å². The number of esters is 1. The van der Waals surface area contributed by atoms with Gasteiger partial charge < -0.3 is 9.64 Å². The van der Waals surface area contributed by atoms with Crippen LogP contribution in [0.2, 0.25) is 0 Å². The molecule has 1 fully saturated rings. The molecule has 1 saturated heterocycles. The number of nitrogens with zero attached hydrogens (tertiary/aromatic N) is 3. The lowest BCUT2D eigenvalue weighted by Gasteiger charge is -2.26. The van der Waals surface area contributed by atoms with Crippen LogP contribution >= 0.6 is 0 Å². The van der Waals surface area contributed by atoms with Gasteiger partial charge in [0.05, 0.1) is 23.7 Å².